The summed E-state index contributed by atoms with van der Waals surface area (Å²) in [5.74, 6) is 0. The lowest BCUT2D eigenvalue weighted by Crippen LogP contribution is -2.15. The lowest BCUT2D eigenvalue weighted by molar-refractivity contribution is 0.601. The summed E-state index contributed by atoms with van der Waals surface area (Å²) >= 11 is 7.60. The van der Waals surface area contributed by atoms with E-state index in [0.29, 0.717) is 17.3 Å². The van der Waals surface area contributed by atoms with Crippen LogP contribution in [0, 0.1) is 0 Å². The molecule has 114 valence electrons. The number of sulfonamides is 1. The number of halogens is 1. The van der Waals surface area contributed by atoms with Crippen molar-refractivity contribution in [3.8, 4) is 0 Å². The van der Waals surface area contributed by atoms with Crippen molar-refractivity contribution in [2.75, 3.05) is 11.3 Å². The van der Waals surface area contributed by atoms with Crippen LogP contribution in [0.1, 0.15) is 18.9 Å². The molecule has 0 saturated carbocycles. The van der Waals surface area contributed by atoms with Gasteiger partial charge in [-0.25, -0.2) is 8.42 Å². The molecule has 0 radical (unpaired) electrons. The van der Waals surface area contributed by atoms with Crippen LogP contribution in [0.15, 0.2) is 39.9 Å². The molecule has 2 rings (SSSR count). The molecule has 0 amide bonds. The van der Waals surface area contributed by atoms with Crippen LogP contribution in [0.3, 0.4) is 0 Å². The van der Waals surface area contributed by atoms with E-state index in [1.54, 1.807) is 23.6 Å². The minimum Gasteiger partial charge on any atom is -0.313 e. The Morgan fingerprint density at radius 1 is 1.29 bits per heavy atom. The summed E-state index contributed by atoms with van der Waals surface area (Å²) in [6, 6.07) is 6.52. The third-order valence-electron chi connectivity index (χ3n) is 2.85. The van der Waals surface area contributed by atoms with E-state index in [1.807, 2.05) is 5.38 Å². The lowest BCUT2D eigenvalue weighted by atomic mass is 10.2. The number of nitrogens with one attached hydrogen (secondary N) is 2. The minimum atomic E-state index is -3.60. The Balaban J connectivity index is 2.15. The Morgan fingerprint density at radius 2 is 2.10 bits per heavy atom. The molecule has 7 heteroatoms. The van der Waals surface area contributed by atoms with Crippen LogP contribution in [-0.2, 0) is 16.6 Å². The third-order valence-corrected chi connectivity index (χ3v) is 5.26. The van der Waals surface area contributed by atoms with Crippen molar-refractivity contribution >= 4 is 38.6 Å². The van der Waals surface area contributed by atoms with Crippen molar-refractivity contribution in [1.29, 1.82) is 0 Å². The van der Waals surface area contributed by atoms with Gasteiger partial charge in [-0.15, -0.1) is 0 Å². The second-order valence-corrected chi connectivity index (χ2v) is 7.42. The van der Waals surface area contributed by atoms with E-state index in [0.717, 1.165) is 18.5 Å². The molecule has 0 unspecified atom stereocenters. The van der Waals surface area contributed by atoms with E-state index in [-0.39, 0.29) is 4.90 Å². The summed E-state index contributed by atoms with van der Waals surface area (Å²) in [6.45, 7) is 3.61. The molecule has 0 fully saturated rings. The first-order valence-corrected chi connectivity index (χ1v) is 9.37. The van der Waals surface area contributed by atoms with Gasteiger partial charge in [-0.3, -0.25) is 4.72 Å². The molecule has 4 nitrogen and oxygen atoms in total. The van der Waals surface area contributed by atoms with Crippen molar-refractivity contribution in [1.82, 2.24) is 5.32 Å². The zero-order valence-corrected chi connectivity index (χ0v) is 14.0. The standard InChI is InChI=1S/C14H17ClN2O2S2/c1-2-6-16-9-11-3-4-13(8-14(11)15)21(18,19)17-12-5-7-20-10-12/h3-5,7-8,10,16-17H,2,6,9H2,1H3. The Bertz CT molecular complexity index is 685. The lowest BCUT2D eigenvalue weighted by Gasteiger charge is -2.10. The first kappa shape index (κ1) is 16.3. The van der Waals surface area contributed by atoms with Crippen LogP contribution in [0.4, 0.5) is 5.69 Å². The van der Waals surface area contributed by atoms with Crippen molar-refractivity contribution in [3.63, 3.8) is 0 Å². The van der Waals surface area contributed by atoms with Gasteiger partial charge in [0.25, 0.3) is 10.0 Å². The molecule has 2 N–H and O–H groups in total. The quantitative estimate of drug-likeness (QED) is 0.753. The fourth-order valence-electron chi connectivity index (χ4n) is 1.78. The number of rotatable bonds is 7. The molecule has 21 heavy (non-hydrogen) atoms. The van der Waals surface area contributed by atoms with Crippen LogP contribution >= 0.6 is 22.9 Å². The first-order chi connectivity index (χ1) is 10.0. The Labute approximate surface area is 134 Å². The predicted molar refractivity (Wildman–Crippen MR) is 88.6 cm³/mol. The number of hydrogen-bond acceptors (Lipinski definition) is 4. The molecule has 0 atom stereocenters. The third kappa shape index (κ3) is 4.44. The number of anilines is 1. The fourth-order valence-corrected chi connectivity index (χ4v) is 3.82. The van der Waals surface area contributed by atoms with Crippen LogP contribution in [0.5, 0.6) is 0 Å². The zero-order chi connectivity index (χ0) is 15.3. The van der Waals surface area contributed by atoms with Crippen LogP contribution < -0.4 is 10.0 Å². The van der Waals surface area contributed by atoms with Gasteiger partial charge in [-0.05, 0) is 42.1 Å². The highest BCUT2D eigenvalue weighted by atomic mass is 35.5. The summed E-state index contributed by atoms with van der Waals surface area (Å²) in [4.78, 5) is 0.165. The average molecular weight is 345 g/mol. The summed E-state index contributed by atoms with van der Waals surface area (Å²) in [7, 11) is -3.60. The average Bonchev–Trinajstić information content (AvgIpc) is 2.93. The monoisotopic (exact) mass is 344 g/mol. The smallest absolute Gasteiger partial charge is 0.261 e. The summed E-state index contributed by atoms with van der Waals surface area (Å²) < 4.78 is 27.0. The second kappa shape index (κ2) is 7.26. The molecule has 0 bridgehead atoms. The highest BCUT2D eigenvalue weighted by molar-refractivity contribution is 7.92. The van der Waals surface area contributed by atoms with E-state index in [2.05, 4.69) is 17.0 Å². The molecule has 1 aromatic heterocycles. The van der Waals surface area contributed by atoms with E-state index < -0.39 is 10.0 Å². The van der Waals surface area contributed by atoms with Crippen LogP contribution in [-0.4, -0.2) is 15.0 Å². The van der Waals surface area contributed by atoms with Crippen molar-refractivity contribution < 1.29 is 8.42 Å². The molecule has 1 aromatic carbocycles. The van der Waals surface area contributed by atoms with Gasteiger partial charge in [0, 0.05) is 16.9 Å². The van der Waals surface area contributed by atoms with Crippen molar-refractivity contribution in [2.24, 2.45) is 0 Å². The molecule has 1 heterocycles. The molecule has 0 saturated heterocycles. The maximum atomic E-state index is 12.2. The summed E-state index contributed by atoms with van der Waals surface area (Å²) in [6.07, 6.45) is 1.04. The van der Waals surface area contributed by atoms with Gasteiger partial charge in [0.15, 0.2) is 0 Å². The summed E-state index contributed by atoms with van der Waals surface area (Å²) in [5, 5.41) is 7.24. The number of hydrogen-bond donors (Lipinski definition) is 2. The van der Waals surface area contributed by atoms with Gasteiger partial charge >= 0.3 is 0 Å². The van der Waals surface area contributed by atoms with Gasteiger partial charge < -0.3 is 5.32 Å². The van der Waals surface area contributed by atoms with E-state index in [9.17, 15) is 8.42 Å². The summed E-state index contributed by atoms with van der Waals surface area (Å²) in [5.41, 5.74) is 1.45. The maximum absolute atomic E-state index is 12.2. The molecule has 0 spiro atoms. The SMILES string of the molecule is CCCNCc1ccc(S(=O)(=O)Nc2ccsc2)cc1Cl. The fraction of sp³-hybridized carbons (Fsp3) is 0.286. The molecular weight excluding hydrogens is 328 g/mol. The van der Waals surface area contributed by atoms with E-state index in [1.165, 1.54) is 17.4 Å². The Kier molecular flexibility index (Phi) is 5.64. The minimum absolute atomic E-state index is 0.165. The predicted octanol–water partition coefficient (Wildman–Crippen LogP) is 3.70. The van der Waals surface area contributed by atoms with Gasteiger partial charge in [0.2, 0.25) is 0 Å². The van der Waals surface area contributed by atoms with E-state index >= 15 is 0 Å². The molecule has 0 aliphatic carbocycles. The Morgan fingerprint density at radius 3 is 2.71 bits per heavy atom. The highest BCUT2D eigenvalue weighted by Gasteiger charge is 2.16. The van der Waals surface area contributed by atoms with Gasteiger partial charge in [-0.1, -0.05) is 24.6 Å². The number of benzene rings is 1. The number of thiophene rings is 1. The van der Waals surface area contributed by atoms with Crippen molar-refractivity contribution in [2.45, 2.75) is 24.8 Å². The molecular formula is C14H17ClN2O2S2. The Hall–Kier alpha value is -1.08. The largest absolute Gasteiger partial charge is 0.313 e. The van der Waals surface area contributed by atoms with Crippen LogP contribution in [0.2, 0.25) is 5.02 Å². The normalized spacial score (nSPS) is 11.5. The topological polar surface area (TPSA) is 58.2 Å². The first-order valence-electron chi connectivity index (χ1n) is 6.57. The van der Waals surface area contributed by atoms with E-state index in [4.69, 9.17) is 11.6 Å². The van der Waals surface area contributed by atoms with Crippen molar-refractivity contribution in [3.05, 3.63) is 45.6 Å². The maximum Gasteiger partial charge on any atom is 0.261 e. The van der Waals surface area contributed by atoms with Crippen LogP contribution in [0.25, 0.3) is 0 Å². The molecule has 0 aliphatic heterocycles. The van der Waals surface area contributed by atoms with Gasteiger partial charge in [-0.2, -0.15) is 11.3 Å². The highest BCUT2D eigenvalue weighted by Crippen LogP contribution is 2.23. The van der Waals surface area contributed by atoms with Gasteiger partial charge in [0.1, 0.15) is 0 Å². The van der Waals surface area contributed by atoms with Gasteiger partial charge in [0.05, 0.1) is 10.6 Å². The molecule has 2 aromatic rings. The molecule has 0 aliphatic rings. The zero-order valence-electron chi connectivity index (χ0n) is 11.6. The second-order valence-electron chi connectivity index (χ2n) is 4.55.